The molecular weight excluding hydrogens is 378 g/mol. The standard InChI is InChI=1S/C21H25NO5S/c1-15(2)13-18(16-9-5-4-6-10-16)22-20(23)14-27-21(24)17-11-7-8-12-19(17)28(3,25)26/h4-12,15,18H,13-14H2,1-3H3,(H,22,23)/t18-/m0/s1. The van der Waals surface area contributed by atoms with Crippen LogP contribution in [-0.4, -0.2) is 33.2 Å². The predicted octanol–water partition coefficient (Wildman–Crippen LogP) is 3.15. The third kappa shape index (κ3) is 6.20. The van der Waals surface area contributed by atoms with Gasteiger partial charge in [0.05, 0.1) is 16.5 Å². The van der Waals surface area contributed by atoms with Crippen molar-refractivity contribution in [2.75, 3.05) is 12.9 Å². The van der Waals surface area contributed by atoms with Gasteiger partial charge in [-0.3, -0.25) is 4.79 Å². The minimum Gasteiger partial charge on any atom is -0.452 e. The lowest BCUT2D eigenvalue weighted by molar-refractivity contribution is -0.125. The van der Waals surface area contributed by atoms with E-state index in [1.165, 1.54) is 18.2 Å². The van der Waals surface area contributed by atoms with Crippen LogP contribution in [0.15, 0.2) is 59.5 Å². The molecule has 0 bridgehead atoms. The van der Waals surface area contributed by atoms with Gasteiger partial charge in [0.2, 0.25) is 0 Å². The van der Waals surface area contributed by atoms with Crippen LogP contribution in [-0.2, 0) is 19.4 Å². The number of carbonyl (C=O) groups is 2. The summed E-state index contributed by atoms with van der Waals surface area (Å²) in [5.74, 6) is -0.939. The molecule has 7 heteroatoms. The number of ether oxygens (including phenoxy) is 1. The maximum Gasteiger partial charge on any atom is 0.339 e. The van der Waals surface area contributed by atoms with Crippen LogP contribution in [0.4, 0.5) is 0 Å². The van der Waals surface area contributed by atoms with Gasteiger partial charge in [0, 0.05) is 6.26 Å². The van der Waals surface area contributed by atoms with E-state index < -0.39 is 28.3 Å². The molecular formula is C21H25NO5S. The van der Waals surface area contributed by atoms with Crippen LogP contribution < -0.4 is 5.32 Å². The summed E-state index contributed by atoms with van der Waals surface area (Å²) in [7, 11) is -3.59. The van der Waals surface area contributed by atoms with Crippen molar-refractivity contribution in [1.29, 1.82) is 0 Å². The van der Waals surface area contributed by atoms with Crippen molar-refractivity contribution >= 4 is 21.7 Å². The average molecular weight is 404 g/mol. The number of hydrogen-bond acceptors (Lipinski definition) is 5. The second-order valence-corrected chi connectivity index (χ2v) is 8.99. The SMILES string of the molecule is CC(C)C[C@H](NC(=O)COC(=O)c1ccccc1S(C)(=O)=O)c1ccccc1. The Labute approximate surface area is 165 Å². The molecule has 28 heavy (non-hydrogen) atoms. The maximum absolute atomic E-state index is 12.3. The number of rotatable bonds is 8. The highest BCUT2D eigenvalue weighted by Crippen LogP contribution is 2.21. The molecule has 1 amide bonds. The van der Waals surface area contributed by atoms with Crippen molar-refractivity contribution in [2.45, 2.75) is 31.2 Å². The summed E-state index contributed by atoms with van der Waals surface area (Å²) in [6.45, 7) is 3.63. The number of sulfone groups is 1. The first kappa shape index (κ1) is 21.6. The highest BCUT2D eigenvalue weighted by molar-refractivity contribution is 7.90. The lowest BCUT2D eigenvalue weighted by Gasteiger charge is -2.21. The summed E-state index contributed by atoms with van der Waals surface area (Å²) in [6.07, 6.45) is 1.75. The smallest absolute Gasteiger partial charge is 0.339 e. The van der Waals surface area contributed by atoms with Gasteiger partial charge < -0.3 is 10.1 Å². The zero-order valence-electron chi connectivity index (χ0n) is 16.2. The summed E-state index contributed by atoms with van der Waals surface area (Å²) >= 11 is 0. The molecule has 0 spiro atoms. The molecule has 0 unspecified atom stereocenters. The van der Waals surface area contributed by atoms with E-state index in [2.05, 4.69) is 19.2 Å². The van der Waals surface area contributed by atoms with E-state index in [9.17, 15) is 18.0 Å². The number of esters is 1. The largest absolute Gasteiger partial charge is 0.452 e. The summed E-state index contributed by atoms with van der Waals surface area (Å²) in [4.78, 5) is 24.5. The second kappa shape index (κ2) is 9.50. The van der Waals surface area contributed by atoms with Crippen LogP contribution in [0.1, 0.15) is 42.2 Å². The molecule has 2 aromatic rings. The molecule has 0 aliphatic heterocycles. The fourth-order valence-electron chi connectivity index (χ4n) is 2.84. The van der Waals surface area contributed by atoms with Gasteiger partial charge in [0.15, 0.2) is 16.4 Å². The first-order valence-electron chi connectivity index (χ1n) is 8.99. The Bertz CT molecular complexity index is 923. The van der Waals surface area contributed by atoms with E-state index in [-0.39, 0.29) is 16.5 Å². The van der Waals surface area contributed by atoms with Crippen LogP contribution in [0.5, 0.6) is 0 Å². The first-order valence-corrected chi connectivity index (χ1v) is 10.9. The average Bonchev–Trinajstić information content (AvgIpc) is 2.65. The van der Waals surface area contributed by atoms with Gasteiger partial charge in [-0.25, -0.2) is 13.2 Å². The molecule has 0 aliphatic rings. The number of benzene rings is 2. The minimum atomic E-state index is -3.59. The highest BCUT2D eigenvalue weighted by atomic mass is 32.2. The number of nitrogens with one attached hydrogen (secondary N) is 1. The molecule has 0 saturated carbocycles. The molecule has 1 N–H and O–H groups in total. The monoisotopic (exact) mass is 403 g/mol. The molecule has 1 atom stereocenters. The fraction of sp³-hybridized carbons (Fsp3) is 0.333. The van der Waals surface area contributed by atoms with Crippen LogP contribution in [0, 0.1) is 5.92 Å². The molecule has 6 nitrogen and oxygen atoms in total. The zero-order chi connectivity index (χ0) is 20.7. The molecule has 2 aromatic carbocycles. The van der Waals surface area contributed by atoms with E-state index in [4.69, 9.17) is 4.74 Å². The maximum atomic E-state index is 12.3. The van der Waals surface area contributed by atoms with E-state index in [1.54, 1.807) is 6.07 Å². The first-order chi connectivity index (χ1) is 13.2. The van der Waals surface area contributed by atoms with Gasteiger partial charge >= 0.3 is 5.97 Å². The van der Waals surface area contributed by atoms with Crippen molar-refractivity contribution < 1.29 is 22.7 Å². The third-order valence-corrected chi connectivity index (χ3v) is 5.24. The minimum absolute atomic E-state index is 0.0837. The van der Waals surface area contributed by atoms with E-state index in [0.29, 0.717) is 5.92 Å². The third-order valence-electron chi connectivity index (χ3n) is 4.09. The lowest BCUT2D eigenvalue weighted by atomic mass is 9.97. The number of hydrogen-bond donors (Lipinski definition) is 1. The van der Waals surface area contributed by atoms with E-state index >= 15 is 0 Å². The Morgan fingerprint density at radius 2 is 1.61 bits per heavy atom. The molecule has 0 saturated heterocycles. The van der Waals surface area contributed by atoms with Crippen LogP contribution in [0.3, 0.4) is 0 Å². The topological polar surface area (TPSA) is 89.5 Å². The van der Waals surface area contributed by atoms with Crippen molar-refractivity contribution in [1.82, 2.24) is 5.32 Å². The van der Waals surface area contributed by atoms with Crippen LogP contribution in [0.2, 0.25) is 0 Å². The Hall–Kier alpha value is -2.67. The molecule has 0 heterocycles. The normalized spacial score (nSPS) is 12.4. The number of carbonyl (C=O) groups excluding carboxylic acids is 2. The summed E-state index contributed by atoms with van der Waals surface area (Å²) in [5.41, 5.74) is 0.887. The van der Waals surface area contributed by atoms with Crippen LogP contribution >= 0.6 is 0 Å². The van der Waals surface area contributed by atoms with Crippen LogP contribution in [0.25, 0.3) is 0 Å². The number of amides is 1. The molecule has 150 valence electrons. The van der Waals surface area contributed by atoms with E-state index in [0.717, 1.165) is 18.2 Å². The van der Waals surface area contributed by atoms with Crippen molar-refractivity contribution in [3.63, 3.8) is 0 Å². The Morgan fingerprint density at radius 3 is 2.21 bits per heavy atom. The Kier molecular flexibility index (Phi) is 7.34. The highest BCUT2D eigenvalue weighted by Gasteiger charge is 2.21. The molecule has 0 aromatic heterocycles. The molecule has 0 radical (unpaired) electrons. The van der Waals surface area contributed by atoms with Crippen molar-refractivity contribution in [3.8, 4) is 0 Å². The Morgan fingerprint density at radius 1 is 1.00 bits per heavy atom. The van der Waals surface area contributed by atoms with Gasteiger partial charge in [-0.1, -0.05) is 56.3 Å². The quantitative estimate of drug-likeness (QED) is 0.684. The van der Waals surface area contributed by atoms with Gasteiger partial charge in [-0.05, 0) is 30.0 Å². The van der Waals surface area contributed by atoms with Crippen molar-refractivity contribution in [3.05, 3.63) is 65.7 Å². The summed E-state index contributed by atoms with van der Waals surface area (Å²) < 4.78 is 28.7. The van der Waals surface area contributed by atoms with Crippen molar-refractivity contribution in [2.24, 2.45) is 5.92 Å². The van der Waals surface area contributed by atoms with Gasteiger partial charge in [-0.2, -0.15) is 0 Å². The van der Waals surface area contributed by atoms with Gasteiger partial charge in [-0.15, -0.1) is 0 Å². The molecule has 0 fully saturated rings. The fourth-order valence-corrected chi connectivity index (χ4v) is 3.72. The molecule has 0 aliphatic carbocycles. The summed E-state index contributed by atoms with van der Waals surface area (Å²) in [6, 6.07) is 15.1. The predicted molar refractivity (Wildman–Crippen MR) is 107 cm³/mol. The Balaban J connectivity index is 2.04. The lowest BCUT2D eigenvalue weighted by Crippen LogP contribution is -2.33. The zero-order valence-corrected chi connectivity index (χ0v) is 17.0. The second-order valence-electron chi connectivity index (χ2n) is 7.00. The van der Waals surface area contributed by atoms with Gasteiger partial charge in [0.25, 0.3) is 5.91 Å². The summed E-state index contributed by atoms with van der Waals surface area (Å²) in [5, 5.41) is 2.88. The molecule has 2 rings (SSSR count). The van der Waals surface area contributed by atoms with E-state index in [1.807, 2.05) is 30.3 Å². The van der Waals surface area contributed by atoms with Gasteiger partial charge in [0.1, 0.15) is 0 Å².